The number of anilines is 1. The molecular formula is C16H27N3O6Si. The van der Waals surface area contributed by atoms with Gasteiger partial charge in [0.25, 0.3) is 5.69 Å². The molecule has 26 heavy (non-hydrogen) atoms. The van der Waals surface area contributed by atoms with Crippen molar-refractivity contribution in [1.82, 2.24) is 5.32 Å². The highest BCUT2D eigenvalue weighted by Crippen LogP contribution is 2.18. The van der Waals surface area contributed by atoms with Crippen LogP contribution in [0.4, 0.5) is 16.2 Å². The highest BCUT2D eigenvalue weighted by molar-refractivity contribution is 6.60. The van der Waals surface area contributed by atoms with Crippen LogP contribution in [0.15, 0.2) is 24.3 Å². The molecule has 0 atom stereocenters. The van der Waals surface area contributed by atoms with Crippen molar-refractivity contribution in [2.45, 2.75) is 33.2 Å². The van der Waals surface area contributed by atoms with E-state index < -0.39 is 13.7 Å². The lowest BCUT2D eigenvalue weighted by Crippen LogP contribution is -2.46. The molecule has 0 aliphatic heterocycles. The van der Waals surface area contributed by atoms with Crippen molar-refractivity contribution in [2.75, 3.05) is 31.7 Å². The minimum atomic E-state index is -2.69. The Bertz CT molecular complexity index is 553. The van der Waals surface area contributed by atoms with Gasteiger partial charge in [-0.1, -0.05) is 0 Å². The van der Waals surface area contributed by atoms with Crippen molar-refractivity contribution in [3.05, 3.63) is 34.4 Å². The lowest BCUT2D eigenvalue weighted by Gasteiger charge is -2.28. The zero-order chi connectivity index (χ0) is 19.4. The normalized spacial score (nSPS) is 11.2. The molecule has 0 bridgehead atoms. The van der Waals surface area contributed by atoms with Crippen molar-refractivity contribution in [2.24, 2.45) is 0 Å². The molecule has 2 N–H and O–H groups in total. The van der Waals surface area contributed by atoms with Gasteiger partial charge in [0.1, 0.15) is 0 Å². The number of benzene rings is 1. The van der Waals surface area contributed by atoms with E-state index >= 15 is 0 Å². The Morgan fingerprint density at radius 1 is 1.08 bits per heavy atom. The van der Waals surface area contributed by atoms with Gasteiger partial charge in [0.2, 0.25) is 0 Å². The highest BCUT2D eigenvalue weighted by Gasteiger charge is 2.39. The number of amides is 2. The van der Waals surface area contributed by atoms with E-state index in [4.69, 9.17) is 13.3 Å². The summed E-state index contributed by atoms with van der Waals surface area (Å²) in [6.45, 7) is 7.67. The van der Waals surface area contributed by atoms with Crippen molar-refractivity contribution in [1.29, 1.82) is 0 Å². The fourth-order valence-electron chi connectivity index (χ4n) is 2.35. The molecule has 146 valence electrons. The largest absolute Gasteiger partial charge is 0.500 e. The Morgan fingerprint density at radius 2 is 1.62 bits per heavy atom. The SMILES string of the molecule is CCO[Si](CCCNC(=O)Nc1ccc([N+](=O)[O-])cc1)(OCC)OCC. The molecule has 0 aliphatic rings. The topological polar surface area (TPSA) is 112 Å². The molecule has 1 aromatic carbocycles. The Hall–Kier alpha value is -2.01. The van der Waals surface area contributed by atoms with Gasteiger partial charge in [0.15, 0.2) is 0 Å². The molecule has 9 nitrogen and oxygen atoms in total. The van der Waals surface area contributed by atoms with Gasteiger partial charge >= 0.3 is 14.8 Å². The van der Waals surface area contributed by atoms with Crippen LogP contribution in [-0.4, -0.2) is 46.1 Å². The zero-order valence-corrected chi connectivity index (χ0v) is 16.4. The predicted octanol–water partition coefficient (Wildman–Crippen LogP) is 3.15. The molecule has 0 radical (unpaired) electrons. The standard InChI is InChI=1S/C16H27N3O6Si/c1-4-23-26(24-5-2,25-6-3)13-7-12-17-16(20)18-14-8-10-15(11-9-14)19(21)22/h8-11H,4-7,12-13H2,1-3H3,(H2,17,18,20). The molecule has 0 saturated heterocycles. The van der Waals surface area contributed by atoms with Gasteiger partial charge in [-0.3, -0.25) is 10.1 Å². The third-order valence-electron chi connectivity index (χ3n) is 3.37. The number of carbonyl (C=O) groups excluding carboxylic acids is 1. The first-order valence-electron chi connectivity index (χ1n) is 8.67. The third-order valence-corrected chi connectivity index (χ3v) is 6.53. The molecular weight excluding hydrogens is 358 g/mol. The maximum Gasteiger partial charge on any atom is 0.500 e. The molecule has 0 unspecified atom stereocenters. The molecule has 0 aliphatic carbocycles. The van der Waals surface area contributed by atoms with Gasteiger partial charge in [-0.25, -0.2) is 4.79 Å². The quantitative estimate of drug-likeness (QED) is 0.247. The maximum absolute atomic E-state index is 11.9. The molecule has 0 spiro atoms. The number of nitrogens with one attached hydrogen (secondary N) is 2. The molecule has 0 aromatic heterocycles. The Morgan fingerprint density at radius 3 is 2.08 bits per heavy atom. The summed E-state index contributed by atoms with van der Waals surface area (Å²) in [5.41, 5.74) is 0.454. The Balaban J connectivity index is 2.42. The first kappa shape index (κ1) is 22.0. The number of carbonyl (C=O) groups is 1. The van der Waals surface area contributed by atoms with Gasteiger partial charge in [-0.05, 0) is 39.3 Å². The maximum atomic E-state index is 11.9. The van der Waals surface area contributed by atoms with Crippen LogP contribution < -0.4 is 10.6 Å². The fraction of sp³-hybridized carbons (Fsp3) is 0.562. The van der Waals surface area contributed by atoms with Crippen molar-refractivity contribution < 1.29 is 23.0 Å². The van der Waals surface area contributed by atoms with Gasteiger partial charge in [-0.2, -0.15) is 0 Å². The second-order valence-corrected chi connectivity index (χ2v) is 8.00. The van der Waals surface area contributed by atoms with E-state index in [1.807, 2.05) is 20.8 Å². The zero-order valence-electron chi connectivity index (χ0n) is 15.4. The molecule has 1 rings (SSSR count). The summed E-state index contributed by atoms with van der Waals surface area (Å²) in [7, 11) is -2.69. The number of nitro benzene ring substituents is 1. The lowest BCUT2D eigenvalue weighted by molar-refractivity contribution is -0.384. The number of urea groups is 1. The first-order valence-corrected chi connectivity index (χ1v) is 10.6. The number of non-ortho nitro benzene ring substituents is 1. The molecule has 1 aromatic rings. The van der Waals surface area contributed by atoms with Crippen LogP contribution in [0.5, 0.6) is 0 Å². The van der Waals surface area contributed by atoms with Crippen LogP contribution in [0.3, 0.4) is 0 Å². The second-order valence-electron chi connectivity index (χ2n) is 5.27. The van der Waals surface area contributed by atoms with E-state index in [-0.39, 0.29) is 11.7 Å². The van der Waals surface area contributed by atoms with Crippen molar-refractivity contribution >= 4 is 26.2 Å². The van der Waals surface area contributed by atoms with E-state index in [9.17, 15) is 14.9 Å². The van der Waals surface area contributed by atoms with Crippen LogP contribution in [0, 0.1) is 10.1 Å². The number of hydrogen-bond acceptors (Lipinski definition) is 6. The van der Waals surface area contributed by atoms with E-state index in [0.29, 0.717) is 44.5 Å². The summed E-state index contributed by atoms with van der Waals surface area (Å²) in [6.07, 6.45) is 0.653. The van der Waals surface area contributed by atoms with E-state index in [1.54, 1.807) is 0 Å². The lowest BCUT2D eigenvalue weighted by atomic mass is 10.3. The summed E-state index contributed by atoms with van der Waals surface area (Å²) in [6, 6.07) is 5.86. The monoisotopic (exact) mass is 385 g/mol. The average molecular weight is 385 g/mol. The average Bonchev–Trinajstić information content (AvgIpc) is 2.60. The van der Waals surface area contributed by atoms with Gasteiger partial charge in [0, 0.05) is 50.2 Å². The molecule has 0 saturated carbocycles. The number of nitro groups is 1. The molecule has 0 fully saturated rings. The van der Waals surface area contributed by atoms with Crippen LogP contribution >= 0.6 is 0 Å². The Kier molecular flexibility index (Phi) is 9.81. The second kappa shape index (κ2) is 11.6. The van der Waals surface area contributed by atoms with E-state index in [2.05, 4.69) is 10.6 Å². The number of hydrogen-bond donors (Lipinski definition) is 2. The summed E-state index contributed by atoms with van der Waals surface area (Å²) < 4.78 is 17.3. The smallest absolute Gasteiger partial charge is 0.374 e. The van der Waals surface area contributed by atoms with Crippen molar-refractivity contribution in [3.63, 3.8) is 0 Å². The minimum Gasteiger partial charge on any atom is -0.374 e. The summed E-state index contributed by atoms with van der Waals surface area (Å²) >= 11 is 0. The van der Waals surface area contributed by atoms with Crippen LogP contribution in [0.25, 0.3) is 0 Å². The van der Waals surface area contributed by atoms with Crippen LogP contribution in [0.1, 0.15) is 27.2 Å². The summed E-state index contributed by atoms with van der Waals surface area (Å²) in [5, 5.41) is 16.0. The van der Waals surface area contributed by atoms with Crippen LogP contribution in [-0.2, 0) is 13.3 Å². The predicted molar refractivity (Wildman–Crippen MR) is 100 cm³/mol. The van der Waals surface area contributed by atoms with E-state index in [1.165, 1.54) is 24.3 Å². The summed E-state index contributed by atoms with van der Waals surface area (Å²) in [5.74, 6) is 0. The van der Waals surface area contributed by atoms with E-state index in [0.717, 1.165) is 0 Å². The van der Waals surface area contributed by atoms with Crippen molar-refractivity contribution in [3.8, 4) is 0 Å². The summed E-state index contributed by atoms with van der Waals surface area (Å²) in [4.78, 5) is 22.0. The van der Waals surface area contributed by atoms with Gasteiger partial charge in [0.05, 0.1) is 4.92 Å². The third kappa shape index (κ3) is 7.48. The number of nitrogens with zero attached hydrogens (tertiary/aromatic N) is 1. The molecule has 10 heteroatoms. The first-order chi connectivity index (χ1) is 12.5. The van der Waals surface area contributed by atoms with Crippen LogP contribution in [0.2, 0.25) is 6.04 Å². The fourth-order valence-corrected chi connectivity index (χ4v) is 4.96. The molecule has 0 heterocycles. The molecule has 2 amide bonds. The Labute approximate surface area is 154 Å². The van der Waals surface area contributed by atoms with Gasteiger partial charge in [-0.15, -0.1) is 0 Å². The minimum absolute atomic E-state index is 0.0278. The number of rotatable bonds is 12. The van der Waals surface area contributed by atoms with Gasteiger partial charge < -0.3 is 23.9 Å². The highest BCUT2D eigenvalue weighted by atomic mass is 28.4.